The SMILES string of the molecule is O=C1CCC(N2Cc3cc(O[C@@H]4CCC[C@@H]4N4CCCC4)ccc3C2=O)C(=O)N1. The van der Waals surface area contributed by atoms with Crippen LogP contribution in [-0.2, 0) is 16.1 Å². The summed E-state index contributed by atoms with van der Waals surface area (Å²) in [6.45, 7) is 2.73. The van der Waals surface area contributed by atoms with Crippen LogP contribution in [0.3, 0.4) is 0 Å². The van der Waals surface area contributed by atoms with E-state index in [-0.39, 0.29) is 30.2 Å². The van der Waals surface area contributed by atoms with Crippen LogP contribution in [0.2, 0.25) is 0 Å². The maximum absolute atomic E-state index is 12.8. The number of likely N-dealkylation sites (tertiary alicyclic amines) is 1. The van der Waals surface area contributed by atoms with Crippen molar-refractivity contribution in [2.75, 3.05) is 13.1 Å². The molecule has 0 radical (unpaired) electrons. The number of ether oxygens (including phenoxy) is 1. The van der Waals surface area contributed by atoms with E-state index in [1.165, 1.54) is 38.8 Å². The van der Waals surface area contributed by atoms with Gasteiger partial charge in [0.1, 0.15) is 17.9 Å². The molecule has 3 aliphatic heterocycles. The summed E-state index contributed by atoms with van der Waals surface area (Å²) in [4.78, 5) is 40.6. The lowest BCUT2D eigenvalue weighted by Crippen LogP contribution is -2.52. The van der Waals surface area contributed by atoms with Crippen molar-refractivity contribution in [1.29, 1.82) is 0 Å². The minimum absolute atomic E-state index is 0.142. The van der Waals surface area contributed by atoms with E-state index in [1.54, 1.807) is 4.90 Å². The first-order valence-electron chi connectivity index (χ1n) is 10.8. The van der Waals surface area contributed by atoms with Crippen LogP contribution in [-0.4, -0.2) is 58.8 Å². The predicted molar refractivity (Wildman–Crippen MR) is 105 cm³/mol. The zero-order chi connectivity index (χ0) is 20.0. The Morgan fingerprint density at radius 3 is 2.62 bits per heavy atom. The molecule has 0 spiro atoms. The maximum Gasteiger partial charge on any atom is 0.255 e. The summed E-state index contributed by atoms with van der Waals surface area (Å²) in [5, 5.41) is 2.34. The first kappa shape index (κ1) is 18.6. The molecule has 1 N–H and O–H groups in total. The predicted octanol–water partition coefficient (Wildman–Crippen LogP) is 1.84. The molecule has 1 unspecified atom stereocenters. The molecule has 0 aromatic heterocycles. The molecule has 3 amide bonds. The molecule has 29 heavy (non-hydrogen) atoms. The second-order valence-electron chi connectivity index (χ2n) is 8.62. The molecule has 0 bridgehead atoms. The number of carbonyl (C=O) groups is 3. The number of imide groups is 1. The minimum Gasteiger partial charge on any atom is -0.489 e. The van der Waals surface area contributed by atoms with Gasteiger partial charge in [-0.25, -0.2) is 0 Å². The van der Waals surface area contributed by atoms with Gasteiger partial charge in [-0.05, 0) is 75.4 Å². The van der Waals surface area contributed by atoms with E-state index in [2.05, 4.69) is 10.2 Å². The number of piperidine rings is 1. The van der Waals surface area contributed by atoms with Crippen molar-refractivity contribution in [2.45, 2.75) is 69.7 Å². The Balaban J connectivity index is 1.30. The number of carbonyl (C=O) groups excluding carboxylic acids is 3. The molecule has 1 aromatic carbocycles. The topological polar surface area (TPSA) is 79.0 Å². The molecule has 5 rings (SSSR count). The summed E-state index contributed by atoms with van der Waals surface area (Å²) in [5.74, 6) is 0.0168. The van der Waals surface area contributed by atoms with E-state index in [0.717, 1.165) is 17.7 Å². The van der Waals surface area contributed by atoms with Gasteiger partial charge >= 0.3 is 0 Å². The summed E-state index contributed by atoms with van der Waals surface area (Å²) in [6.07, 6.45) is 6.86. The third-order valence-corrected chi connectivity index (χ3v) is 6.81. The van der Waals surface area contributed by atoms with Crippen molar-refractivity contribution in [3.8, 4) is 5.75 Å². The average Bonchev–Trinajstić information content (AvgIpc) is 3.43. The Labute approximate surface area is 170 Å². The Morgan fingerprint density at radius 2 is 1.83 bits per heavy atom. The summed E-state index contributed by atoms with van der Waals surface area (Å²) < 4.78 is 6.38. The smallest absolute Gasteiger partial charge is 0.255 e. The zero-order valence-electron chi connectivity index (χ0n) is 16.6. The van der Waals surface area contributed by atoms with Gasteiger partial charge in [0.05, 0.1) is 0 Å². The number of fused-ring (bicyclic) bond motifs is 1. The Morgan fingerprint density at radius 1 is 1.00 bits per heavy atom. The van der Waals surface area contributed by atoms with Crippen molar-refractivity contribution in [1.82, 2.24) is 15.1 Å². The Hall–Kier alpha value is -2.41. The fraction of sp³-hybridized carbons (Fsp3) is 0.591. The second kappa shape index (κ2) is 7.44. The van der Waals surface area contributed by atoms with E-state index in [0.29, 0.717) is 24.6 Å². The summed E-state index contributed by atoms with van der Waals surface area (Å²) in [7, 11) is 0. The van der Waals surface area contributed by atoms with Gasteiger partial charge in [0.25, 0.3) is 5.91 Å². The van der Waals surface area contributed by atoms with E-state index < -0.39 is 6.04 Å². The van der Waals surface area contributed by atoms with Crippen LogP contribution in [0.15, 0.2) is 18.2 Å². The van der Waals surface area contributed by atoms with Crippen molar-refractivity contribution in [3.05, 3.63) is 29.3 Å². The number of benzene rings is 1. The van der Waals surface area contributed by atoms with E-state index in [1.807, 2.05) is 18.2 Å². The lowest BCUT2D eigenvalue weighted by atomic mass is 10.0. The number of nitrogens with one attached hydrogen (secondary N) is 1. The van der Waals surface area contributed by atoms with Gasteiger partial charge in [0.15, 0.2) is 0 Å². The van der Waals surface area contributed by atoms with Crippen LogP contribution >= 0.6 is 0 Å². The van der Waals surface area contributed by atoms with Gasteiger partial charge in [0.2, 0.25) is 11.8 Å². The van der Waals surface area contributed by atoms with Crippen LogP contribution in [0.25, 0.3) is 0 Å². The van der Waals surface area contributed by atoms with Gasteiger partial charge in [-0.15, -0.1) is 0 Å². The van der Waals surface area contributed by atoms with Crippen LogP contribution in [0.4, 0.5) is 0 Å². The molecule has 7 heteroatoms. The van der Waals surface area contributed by atoms with Crippen molar-refractivity contribution in [2.24, 2.45) is 0 Å². The first-order valence-corrected chi connectivity index (χ1v) is 10.8. The fourth-order valence-corrected chi connectivity index (χ4v) is 5.33. The largest absolute Gasteiger partial charge is 0.489 e. The van der Waals surface area contributed by atoms with Crippen molar-refractivity contribution in [3.63, 3.8) is 0 Å². The van der Waals surface area contributed by atoms with Crippen LogP contribution in [0.5, 0.6) is 5.75 Å². The Bertz CT molecular complexity index is 848. The number of hydrogen-bond donors (Lipinski definition) is 1. The van der Waals surface area contributed by atoms with Gasteiger partial charge in [0, 0.05) is 24.6 Å². The van der Waals surface area contributed by atoms with Crippen LogP contribution in [0.1, 0.15) is 60.9 Å². The third kappa shape index (κ3) is 3.41. The lowest BCUT2D eigenvalue weighted by Gasteiger charge is -2.29. The van der Waals surface area contributed by atoms with Gasteiger partial charge in [-0.3, -0.25) is 24.6 Å². The van der Waals surface area contributed by atoms with Crippen LogP contribution in [0, 0.1) is 0 Å². The Kier molecular flexibility index (Phi) is 4.78. The monoisotopic (exact) mass is 397 g/mol. The molecule has 3 heterocycles. The molecule has 1 saturated carbocycles. The summed E-state index contributed by atoms with van der Waals surface area (Å²) >= 11 is 0. The number of rotatable bonds is 4. The van der Waals surface area contributed by atoms with Gasteiger partial charge < -0.3 is 9.64 Å². The zero-order valence-corrected chi connectivity index (χ0v) is 16.6. The van der Waals surface area contributed by atoms with E-state index in [4.69, 9.17) is 4.74 Å². The molecule has 4 aliphatic rings. The second-order valence-corrected chi connectivity index (χ2v) is 8.62. The average molecular weight is 397 g/mol. The van der Waals surface area contributed by atoms with Crippen molar-refractivity contribution >= 4 is 17.7 Å². The normalized spacial score (nSPS) is 30.0. The lowest BCUT2D eigenvalue weighted by molar-refractivity contribution is -0.136. The molecular formula is C22H27N3O4. The maximum atomic E-state index is 12.8. The molecule has 154 valence electrons. The van der Waals surface area contributed by atoms with Gasteiger partial charge in [-0.1, -0.05) is 0 Å². The highest BCUT2D eigenvalue weighted by molar-refractivity contribution is 6.05. The number of nitrogens with zero attached hydrogens (tertiary/aromatic N) is 2. The van der Waals surface area contributed by atoms with Gasteiger partial charge in [-0.2, -0.15) is 0 Å². The highest BCUT2D eigenvalue weighted by atomic mass is 16.5. The quantitative estimate of drug-likeness (QED) is 0.785. The molecule has 1 aliphatic carbocycles. The fourth-order valence-electron chi connectivity index (χ4n) is 5.33. The number of amides is 3. The first-order chi connectivity index (χ1) is 14.1. The number of hydrogen-bond acceptors (Lipinski definition) is 5. The summed E-state index contributed by atoms with van der Waals surface area (Å²) in [6, 6.07) is 5.57. The molecule has 3 atom stereocenters. The van der Waals surface area contributed by atoms with Crippen LogP contribution < -0.4 is 10.1 Å². The molecular weight excluding hydrogens is 370 g/mol. The summed E-state index contributed by atoms with van der Waals surface area (Å²) in [5.41, 5.74) is 1.53. The highest BCUT2D eigenvalue weighted by Gasteiger charge is 2.39. The minimum atomic E-state index is -0.577. The molecule has 7 nitrogen and oxygen atoms in total. The molecule has 2 saturated heterocycles. The van der Waals surface area contributed by atoms with E-state index in [9.17, 15) is 14.4 Å². The molecule has 1 aromatic rings. The molecule has 3 fully saturated rings. The van der Waals surface area contributed by atoms with E-state index >= 15 is 0 Å². The third-order valence-electron chi connectivity index (χ3n) is 6.81. The van der Waals surface area contributed by atoms with Crippen molar-refractivity contribution < 1.29 is 19.1 Å². The standard InChI is InChI=1S/C22H27N3O4/c26-20-9-8-18(21(27)23-20)25-13-14-12-15(6-7-16(14)22(25)28)29-19-5-3-4-17(19)24-10-1-2-11-24/h6-7,12,17-19H,1-5,8-11,13H2,(H,23,26,27)/t17-,18?,19+/m0/s1. The highest BCUT2D eigenvalue weighted by Crippen LogP contribution is 2.34.